The Kier molecular flexibility index (Phi) is 3.24. The maximum atomic E-state index is 11.7. The van der Waals surface area contributed by atoms with Gasteiger partial charge in [0.05, 0.1) is 12.1 Å². The van der Waals surface area contributed by atoms with Crippen LogP contribution in [-0.4, -0.2) is 11.6 Å². The van der Waals surface area contributed by atoms with E-state index in [1.54, 1.807) is 0 Å². The van der Waals surface area contributed by atoms with Crippen LogP contribution in [-0.2, 0) is 11.2 Å². The predicted molar refractivity (Wildman–Crippen MR) is 88.2 cm³/mol. The van der Waals surface area contributed by atoms with Crippen LogP contribution in [0.2, 0.25) is 0 Å². The molecule has 1 aromatic rings. The molecule has 0 spiro atoms. The first kappa shape index (κ1) is 13.0. The Hall–Kier alpha value is -1.72. The number of nitrogens with one attached hydrogen (secondary N) is 1. The summed E-state index contributed by atoms with van der Waals surface area (Å²) < 4.78 is 7.44. The second-order valence-electron chi connectivity index (χ2n) is 4.99. The molecule has 0 aromatic heterocycles. The zero-order valence-corrected chi connectivity index (χ0v) is 12.8. The maximum Gasteiger partial charge on any atom is 0.234 e. The van der Waals surface area contributed by atoms with Crippen LogP contribution in [0.15, 0.2) is 62.3 Å². The van der Waals surface area contributed by atoms with Gasteiger partial charge in [0, 0.05) is 27.3 Å². The summed E-state index contributed by atoms with van der Waals surface area (Å²) in [6.45, 7) is 0. The second-order valence-corrected chi connectivity index (χ2v) is 6.64. The average Bonchev–Trinajstić information content (AvgIpc) is 2.54. The zero-order valence-electron chi connectivity index (χ0n) is 11.1. The molecule has 1 amide bonds. The van der Waals surface area contributed by atoms with Crippen molar-refractivity contribution in [2.24, 2.45) is 4.40 Å². The van der Waals surface area contributed by atoms with Gasteiger partial charge in [0.1, 0.15) is 0 Å². The van der Waals surface area contributed by atoms with E-state index in [9.17, 15) is 4.79 Å². The standard InChI is InChI=1S/C16H12N2OS2/c19-16-9-12-11(5-3-7-15(12)21-18-16)13-8-10-4-1-2-6-14(10)20-17-13/h1-3,5-8H,4,9H2,(H,18,19). The SMILES string of the molecule is O=C1Cc2c(cccc2C2=NSC3=CC=CCC3=C2)SN1. The molecule has 104 valence electrons. The maximum absolute atomic E-state index is 11.7. The van der Waals surface area contributed by atoms with E-state index in [2.05, 4.69) is 39.5 Å². The smallest absolute Gasteiger partial charge is 0.234 e. The number of amides is 1. The van der Waals surface area contributed by atoms with Crippen LogP contribution >= 0.6 is 23.9 Å². The molecule has 1 aromatic carbocycles. The van der Waals surface area contributed by atoms with Gasteiger partial charge in [-0.25, -0.2) is 4.40 Å². The molecule has 1 aliphatic carbocycles. The molecule has 0 saturated carbocycles. The Morgan fingerprint density at radius 1 is 1.29 bits per heavy atom. The van der Waals surface area contributed by atoms with Gasteiger partial charge >= 0.3 is 0 Å². The molecule has 5 heteroatoms. The summed E-state index contributed by atoms with van der Waals surface area (Å²) in [6, 6.07) is 6.12. The van der Waals surface area contributed by atoms with Gasteiger partial charge in [-0.3, -0.25) is 9.52 Å². The number of rotatable bonds is 1. The number of benzene rings is 1. The van der Waals surface area contributed by atoms with Gasteiger partial charge in [-0.05, 0) is 47.7 Å². The van der Waals surface area contributed by atoms with Crippen LogP contribution < -0.4 is 4.72 Å². The van der Waals surface area contributed by atoms with Crippen molar-refractivity contribution >= 4 is 35.5 Å². The van der Waals surface area contributed by atoms with Crippen molar-refractivity contribution in [3.63, 3.8) is 0 Å². The van der Waals surface area contributed by atoms with Crippen LogP contribution in [0.25, 0.3) is 0 Å². The molecule has 0 atom stereocenters. The highest BCUT2D eigenvalue weighted by molar-refractivity contribution is 8.02. The Bertz CT molecular complexity index is 760. The Morgan fingerprint density at radius 2 is 2.24 bits per heavy atom. The Morgan fingerprint density at radius 3 is 3.19 bits per heavy atom. The first-order valence-electron chi connectivity index (χ1n) is 6.72. The predicted octanol–water partition coefficient (Wildman–Crippen LogP) is 3.59. The van der Waals surface area contributed by atoms with Gasteiger partial charge in [-0.2, -0.15) is 0 Å². The molecule has 4 rings (SSSR count). The minimum atomic E-state index is 0.0536. The fourth-order valence-electron chi connectivity index (χ4n) is 2.59. The van der Waals surface area contributed by atoms with Gasteiger partial charge in [0.2, 0.25) is 5.91 Å². The number of carbonyl (C=O) groups is 1. The lowest BCUT2D eigenvalue weighted by atomic mass is 9.97. The molecular formula is C16H12N2OS2. The number of nitrogens with zero attached hydrogens (tertiary/aromatic N) is 1. The highest BCUT2D eigenvalue weighted by atomic mass is 32.2. The van der Waals surface area contributed by atoms with E-state index in [1.807, 2.05) is 12.1 Å². The minimum Gasteiger partial charge on any atom is -0.296 e. The molecule has 3 aliphatic rings. The third-order valence-corrected chi connectivity index (χ3v) is 5.43. The van der Waals surface area contributed by atoms with Crippen LogP contribution in [0.3, 0.4) is 0 Å². The summed E-state index contributed by atoms with van der Waals surface area (Å²) in [4.78, 5) is 14.0. The summed E-state index contributed by atoms with van der Waals surface area (Å²) in [7, 11) is 0. The fourth-order valence-corrected chi connectivity index (χ4v) is 4.08. The fraction of sp³-hybridized carbons (Fsp3) is 0.125. The van der Waals surface area contributed by atoms with E-state index in [4.69, 9.17) is 0 Å². The van der Waals surface area contributed by atoms with Crippen molar-refractivity contribution in [3.8, 4) is 0 Å². The molecule has 0 saturated heterocycles. The third-order valence-electron chi connectivity index (χ3n) is 3.61. The third kappa shape index (κ3) is 2.36. The lowest BCUT2D eigenvalue weighted by Gasteiger charge is -2.21. The first-order chi connectivity index (χ1) is 10.3. The molecule has 0 unspecified atom stereocenters. The van der Waals surface area contributed by atoms with Crippen LogP contribution in [0.1, 0.15) is 17.5 Å². The van der Waals surface area contributed by atoms with E-state index in [0.717, 1.165) is 28.2 Å². The van der Waals surface area contributed by atoms with E-state index in [1.165, 1.54) is 34.4 Å². The second kappa shape index (κ2) is 5.24. The van der Waals surface area contributed by atoms with Gasteiger partial charge in [0.15, 0.2) is 0 Å². The van der Waals surface area contributed by atoms with Gasteiger partial charge < -0.3 is 0 Å². The van der Waals surface area contributed by atoms with Crippen molar-refractivity contribution < 1.29 is 4.79 Å². The monoisotopic (exact) mass is 312 g/mol. The van der Waals surface area contributed by atoms with E-state index < -0.39 is 0 Å². The molecule has 2 aliphatic heterocycles. The topological polar surface area (TPSA) is 41.5 Å². The molecule has 0 radical (unpaired) electrons. The number of hydrogen-bond donors (Lipinski definition) is 1. The number of carbonyl (C=O) groups excluding carboxylic acids is 1. The van der Waals surface area contributed by atoms with Crippen molar-refractivity contribution in [2.45, 2.75) is 17.7 Å². The summed E-state index contributed by atoms with van der Waals surface area (Å²) in [5.74, 6) is 0.0536. The van der Waals surface area contributed by atoms with Crippen molar-refractivity contribution in [3.05, 3.63) is 64.1 Å². The summed E-state index contributed by atoms with van der Waals surface area (Å²) in [5.41, 5.74) is 4.43. The number of allylic oxidation sites excluding steroid dienone is 5. The van der Waals surface area contributed by atoms with Gasteiger partial charge in [-0.1, -0.05) is 24.3 Å². The Labute approximate surface area is 131 Å². The van der Waals surface area contributed by atoms with Crippen LogP contribution in [0.5, 0.6) is 0 Å². The van der Waals surface area contributed by atoms with E-state index in [-0.39, 0.29) is 5.91 Å². The quantitative estimate of drug-likeness (QED) is 0.806. The lowest BCUT2D eigenvalue weighted by Crippen LogP contribution is -2.24. The number of fused-ring (bicyclic) bond motifs is 2. The molecule has 0 bridgehead atoms. The molecule has 0 fully saturated rings. The molecule has 1 N–H and O–H groups in total. The van der Waals surface area contributed by atoms with E-state index >= 15 is 0 Å². The average molecular weight is 312 g/mol. The normalized spacial score (nSPS) is 19.8. The number of hydrogen-bond acceptors (Lipinski definition) is 4. The largest absolute Gasteiger partial charge is 0.296 e. The summed E-state index contributed by atoms with van der Waals surface area (Å²) >= 11 is 2.92. The minimum absolute atomic E-state index is 0.0536. The van der Waals surface area contributed by atoms with E-state index in [0.29, 0.717) is 6.42 Å². The van der Waals surface area contributed by atoms with Crippen molar-refractivity contribution in [1.82, 2.24) is 4.72 Å². The molecule has 2 heterocycles. The summed E-state index contributed by atoms with van der Waals surface area (Å²) in [5, 5.41) is 0. The molecule has 3 nitrogen and oxygen atoms in total. The van der Waals surface area contributed by atoms with Gasteiger partial charge in [-0.15, -0.1) is 0 Å². The van der Waals surface area contributed by atoms with Crippen molar-refractivity contribution in [2.75, 3.05) is 0 Å². The lowest BCUT2D eigenvalue weighted by molar-refractivity contribution is -0.118. The highest BCUT2D eigenvalue weighted by Crippen LogP contribution is 2.36. The van der Waals surface area contributed by atoms with Gasteiger partial charge in [0.25, 0.3) is 0 Å². The Balaban J connectivity index is 1.77. The summed E-state index contributed by atoms with van der Waals surface area (Å²) in [6.07, 6.45) is 9.85. The zero-order chi connectivity index (χ0) is 14.2. The first-order valence-corrected chi connectivity index (χ1v) is 8.31. The molecular weight excluding hydrogens is 300 g/mol. The van der Waals surface area contributed by atoms with Crippen LogP contribution in [0, 0.1) is 0 Å². The van der Waals surface area contributed by atoms with Crippen molar-refractivity contribution in [1.29, 1.82) is 0 Å². The highest BCUT2D eigenvalue weighted by Gasteiger charge is 2.22. The molecule has 21 heavy (non-hydrogen) atoms. The van der Waals surface area contributed by atoms with Crippen LogP contribution in [0.4, 0.5) is 0 Å².